The first kappa shape index (κ1) is 14.0. The van der Waals surface area contributed by atoms with Crippen molar-refractivity contribution < 1.29 is 9.72 Å². The Morgan fingerprint density at radius 1 is 1.60 bits per heavy atom. The molecule has 1 amide bonds. The van der Waals surface area contributed by atoms with Gasteiger partial charge in [0.05, 0.1) is 16.6 Å². The third-order valence-electron chi connectivity index (χ3n) is 3.19. The molecule has 2 rings (SSSR count). The highest BCUT2D eigenvalue weighted by molar-refractivity contribution is 5.93. The molecule has 1 aromatic rings. The molecule has 7 heteroatoms. The molecule has 1 heterocycles. The minimum absolute atomic E-state index is 0.122. The van der Waals surface area contributed by atoms with Crippen molar-refractivity contribution >= 4 is 17.3 Å². The number of rotatable bonds is 4. The van der Waals surface area contributed by atoms with Crippen molar-refractivity contribution in [2.75, 3.05) is 11.9 Å². The summed E-state index contributed by atoms with van der Waals surface area (Å²) in [7, 11) is 0. The second kappa shape index (κ2) is 6.12. The standard InChI is InChI=1S/C13H14N4O3/c14-8-9-3-4-11(12(6-9)17(19)20)16-13(18)7-10-2-1-5-15-10/h3-4,6,10,15H,1-2,5,7H2,(H,16,18). The molecule has 1 fully saturated rings. The lowest BCUT2D eigenvalue weighted by Gasteiger charge is -2.10. The topological polar surface area (TPSA) is 108 Å². The van der Waals surface area contributed by atoms with Gasteiger partial charge in [0.2, 0.25) is 5.91 Å². The number of nitrogens with one attached hydrogen (secondary N) is 2. The number of carbonyl (C=O) groups excluding carboxylic acids is 1. The molecule has 7 nitrogen and oxygen atoms in total. The van der Waals surface area contributed by atoms with Gasteiger partial charge in [0.25, 0.3) is 5.69 Å². The van der Waals surface area contributed by atoms with E-state index >= 15 is 0 Å². The van der Waals surface area contributed by atoms with Gasteiger partial charge in [0.15, 0.2) is 0 Å². The van der Waals surface area contributed by atoms with E-state index in [2.05, 4.69) is 10.6 Å². The summed E-state index contributed by atoms with van der Waals surface area (Å²) in [5.41, 5.74) is 0.0425. The van der Waals surface area contributed by atoms with Crippen molar-refractivity contribution in [3.05, 3.63) is 33.9 Å². The van der Waals surface area contributed by atoms with Crippen LogP contribution in [-0.2, 0) is 4.79 Å². The number of carbonyl (C=O) groups is 1. The molecule has 0 bridgehead atoms. The highest BCUT2D eigenvalue weighted by Crippen LogP contribution is 2.25. The van der Waals surface area contributed by atoms with Crippen molar-refractivity contribution in [2.24, 2.45) is 0 Å². The van der Waals surface area contributed by atoms with Crippen LogP contribution in [0.1, 0.15) is 24.8 Å². The number of amides is 1. The zero-order chi connectivity index (χ0) is 14.5. The summed E-state index contributed by atoms with van der Waals surface area (Å²) in [5.74, 6) is -0.266. The van der Waals surface area contributed by atoms with E-state index in [0.29, 0.717) is 0 Å². The summed E-state index contributed by atoms with van der Waals surface area (Å²) >= 11 is 0. The minimum atomic E-state index is -0.607. The molecule has 1 saturated heterocycles. The summed E-state index contributed by atoms with van der Waals surface area (Å²) in [6.45, 7) is 0.898. The number of hydrogen-bond donors (Lipinski definition) is 2. The van der Waals surface area contributed by atoms with Crippen molar-refractivity contribution in [3.8, 4) is 6.07 Å². The lowest BCUT2D eigenvalue weighted by molar-refractivity contribution is -0.383. The van der Waals surface area contributed by atoms with Crippen molar-refractivity contribution in [2.45, 2.75) is 25.3 Å². The summed E-state index contributed by atoms with van der Waals surface area (Å²) in [6, 6.07) is 5.95. The van der Waals surface area contributed by atoms with Crippen molar-refractivity contribution in [1.29, 1.82) is 5.26 Å². The van der Waals surface area contributed by atoms with Gasteiger partial charge < -0.3 is 10.6 Å². The molecule has 104 valence electrons. The van der Waals surface area contributed by atoms with Crippen molar-refractivity contribution in [1.82, 2.24) is 5.32 Å². The number of benzene rings is 1. The summed E-state index contributed by atoms with van der Waals surface area (Å²) in [4.78, 5) is 22.2. The first-order chi connectivity index (χ1) is 9.60. The fourth-order valence-electron chi connectivity index (χ4n) is 2.21. The van der Waals surface area contributed by atoms with Crippen molar-refractivity contribution in [3.63, 3.8) is 0 Å². The van der Waals surface area contributed by atoms with Gasteiger partial charge in [-0.15, -0.1) is 0 Å². The first-order valence-electron chi connectivity index (χ1n) is 6.32. The highest BCUT2D eigenvalue weighted by atomic mass is 16.6. The second-order valence-electron chi connectivity index (χ2n) is 4.65. The number of nitriles is 1. The number of nitrogens with zero attached hydrogens (tertiary/aromatic N) is 2. The van der Waals surface area contributed by atoms with E-state index in [-0.39, 0.29) is 35.3 Å². The van der Waals surface area contributed by atoms with Gasteiger partial charge in [-0.2, -0.15) is 5.26 Å². The van der Waals surface area contributed by atoms with Crippen LogP contribution in [0, 0.1) is 21.4 Å². The van der Waals surface area contributed by atoms with Crippen LogP contribution in [0.5, 0.6) is 0 Å². The first-order valence-corrected chi connectivity index (χ1v) is 6.32. The fourth-order valence-corrected chi connectivity index (χ4v) is 2.21. The Kier molecular flexibility index (Phi) is 4.27. The molecule has 1 unspecified atom stereocenters. The van der Waals surface area contributed by atoms with E-state index in [1.807, 2.05) is 6.07 Å². The Bertz CT molecular complexity index is 573. The van der Waals surface area contributed by atoms with Crippen LogP contribution in [0.2, 0.25) is 0 Å². The van der Waals surface area contributed by atoms with E-state index in [4.69, 9.17) is 5.26 Å². The average Bonchev–Trinajstić information content (AvgIpc) is 2.91. The monoisotopic (exact) mass is 274 g/mol. The molecular formula is C13H14N4O3. The van der Waals surface area contributed by atoms with Gasteiger partial charge >= 0.3 is 0 Å². The maximum absolute atomic E-state index is 11.9. The Balaban J connectivity index is 2.10. The minimum Gasteiger partial charge on any atom is -0.320 e. The molecule has 1 aliphatic heterocycles. The van der Waals surface area contributed by atoms with Crippen LogP contribution in [-0.4, -0.2) is 23.4 Å². The largest absolute Gasteiger partial charge is 0.320 e. The predicted octanol–water partition coefficient (Wildman–Crippen LogP) is 1.55. The Morgan fingerprint density at radius 2 is 2.40 bits per heavy atom. The predicted molar refractivity (Wildman–Crippen MR) is 72.1 cm³/mol. The molecule has 2 N–H and O–H groups in total. The smallest absolute Gasteiger partial charge is 0.294 e. The lowest BCUT2D eigenvalue weighted by atomic mass is 10.1. The molecule has 1 aromatic carbocycles. The molecular weight excluding hydrogens is 260 g/mol. The van der Waals surface area contributed by atoms with Crippen LogP contribution in [0.15, 0.2) is 18.2 Å². The van der Waals surface area contributed by atoms with Gasteiger partial charge in [-0.05, 0) is 31.5 Å². The molecule has 1 atom stereocenters. The van der Waals surface area contributed by atoms with E-state index in [0.717, 1.165) is 25.5 Å². The zero-order valence-electron chi connectivity index (χ0n) is 10.8. The van der Waals surface area contributed by atoms with Crippen LogP contribution in [0.4, 0.5) is 11.4 Å². The maximum atomic E-state index is 11.9. The second-order valence-corrected chi connectivity index (χ2v) is 4.65. The van der Waals surface area contributed by atoms with Gasteiger partial charge in [0.1, 0.15) is 5.69 Å². The van der Waals surface area contributed by atoms with Gasteiger partial charge in [-0.3, -0.25) is 14.9 Å². The molecule has 1 aliphatic rings. The quantitative estimate of drug-likeness (QED) is 0.639. The molecule has 0 spiro atoms. The maximum Gasteiger partial charge on any atom is 0.294 e. The van der Waals surface area contributed by atoms with Crippen LogP contribution in [0.25, 0.3) is 0 Å². The van der Waals surface area contributed by atoms with Gasteiger partial charge in [0, 0.05) is 18.5 Å². The number of nitro benzene ring substituents is 1. The van der Waals surface area contributed by atoms with Crippen LogP contribution < -0.4 is 10.6 Å². The summed E-state index contributed by atoms with van der Waals surface area (Å²) < 4.78 is 0. The fraction of sp³-hybridized carbons (Fsp3) is 0.385. The van der Waals surface area contributed by atoms with E-state index in [9.17, 15) is 14.9 Å². The molecule has 0 aromatic heterocycles. The van der Waals surface area contributed by atoms with Crippen LogP contribution in [0.3, 0.4) is 0 Å². The van der Waals surface area contributed by atoms with Gasteiger partial charge in [-0.1, -0.05) is 0 Å². The molecule has 0 aliphatic carbocycles. The highest BCUT2D eigenvalue weighted by Gasteiger charge is 2.20. The summed E-state index contributed by atoms with van der Waals surface area (Å²) in [5, 5.41) is 25.4. The van der Waals surface area contributed by atoms with E-state index in [1.165, 1.54) is 12.1 Å². The third kappa shape index (κ3) is 3.30. The molecule has 0 saturated carbocycles. The number of anilines is 1. The normalized spacial score (nSPS) is 17.4. The Hall–Kier alpha value is -2.46. The SMILES string of the molecule is N#Cc1ccc(NC(=O)CC2CCCN2)c([N+](=O)[O-])c1. The number of nitro groups is 1. The van der Waals surface area contributed by atoms with E-state index < -0.39 is 4.92 Å². The molecule has 20 heavy (non-hydrogen) atoms. The molecule has 0 radical (unpaired) electrons. The third-order valence-corrected chi connectivity index (χ3v) is 3.19. The zero-order valence-corrected chi connectivity index (χ0v) is 10.8. The lowest BCUT2D eigenvalue weighted by Crippen LogP contribution is -2.27. The average molecular weight is 274 g/mol. The summed E-state index contributed by atoms with van der Waals surface area (Å²) in [6.07, 6.45) is 2.26. The Labute approximate surface area is 115 Å². The Morgan fingerprint density at radius 3 is 3.00 bits per heavy atom. The van der Waals surface area contributed by atoms with Gasteiger partial charge in [-0.25, -0.2) is 0 Å². The van der Waals surface area contributed by atoms with E-state index in [1.54, 1.807) is 0 Å². The van der Waals surface area contributed by atoms with Crippen LogP contribution >= 0.6 is 0 Å². The number of hydrogen-bond acceptors (Lipinski definition) is 5.